The molecular formula is C64H78N10O3. The molecule has 16 bridgehead atoms. The molecule has 0 amide bonds. The summed E-state index contributed by atoms with van der Waals surface area (Å²) in [5, 5.41) is 0. The molecule has 0 atom stereocenters. The van der Waals surface area contributed by atoms with Crippen molar-refractivity contribution in [3.8, 4) is 5.75 Å². The Labute approximate surface area is 453 Å². The maximum atomic E-state index is 5.81. The molecule has 7 aromatic rings. The zero-order chi connectivity index (χ0) is 53.8. The van der Waals surface area contributed by atoms with Crippen LogP contribution in [0.5, 0.6) is 5.75 Å². The van der Waals surface area contributed by atoms with E-state index in [0.29, 0.717) is 0 Å². The van der Waals surface area contributed by atoms with Crippen molar-refractivity contribution in [3.63, 3.8) is 0 Å². The summed E-state index contributed by atoms with van der Waals surface area (Å²) < 4.78 is 16.4. The smallest absolute Gasteiger partial charge is 0.196 e. The normalized spacial score (nSPS) is 17.9. The fraction of sp³-hybridized carbons (Fsp3) is 0.391. The summed E-state index contributed by atoms with van der Waals surface area (Å²) in [5.74, 6) is 0.804. The van der Waals surface area contributed by atoms with E-state index in [1.54, 1.807) is 21.3 Å². The molecule has 13 nitrogen and oxygen atoms in total. The molecule has 5 aliphatic heterocycles. The number of ether oxygens (including phenoxy) is 3. The number of aliphatic imine (C=N–C) groups is 1. The van der Waals surface area contributed by atoms with Crippen LogP contribution in [0.1, 0.15) is 134 Å². The molecule has 0 radical (unpaired) electrons. The van der Waals surface area contributed by atoms with Crippen molar-refractivity contribution in [2.24, 2.45) is 10.4 Å². The Balaban J connectivity index is 0.000000144. The van der Waals surface area contributed by atoms with Crippen LogP contribution in [-0.4, -0.2) is 78.2 Å². The van der Waals surface area contributed by atoms with Crippen molar-refractivity contribution in [2.75, 3.05) is 21.3 Å². The minimum atomic E-state index is -0.348. The summed E-state index contributed by atoms with van der Waals surface area (Å²) in [6.07, 6.45) is 8.11. The predicted molar refractivity (Wildman–Crippen MR) is 315 cm³/mol. The van der Waals surface area contributed by atoms with E-state index in [0.717, 1.165) is 145 Å². The van der Waals surface area contributed by atoms with Crippen LogP contribution < -0.4 is 4.74 Å². The third kappa shape index (κ3) is 11.8. The van der Waals surface area contributed by atoms with Crippen molar-refractivity contribution in [1.29, 1.82) is 0 Å². The zero-order valence-electron chi connectivity index (χ0n) is 46.5. The van der Waals surface area contributed by atoms with Crippen LogP contribution in [0.25, 0.3) is 50.2 Å². The van der Waals surface area contributed by atoms with Crippen molar-refractivity contribution in [1.82, 2.24) is 44.9 Å². The number of methoxy groups -OCH3 is 3. The molecule has 5 aliphatic rings. The van der Waals surface area contributed by atoms with Crippen LogP contribution in [0.2, 0.25) is 0 Å². The van der Waals surface area contributed by atoms with Gasteiger partial charge < -0.3 is 39.1 Å². The summed E-state index contributed by atoms with van der Waals surface area (Å²) in [7, 11) is 4.99. The molecule has 0 saturated heterocycles. The summed E-state index contributed by atoms with van der Waals surface area (Å²) >= 11 is 0. The van der Waals surface area contributed by atoms with Crippen LogP contribution in [0, 0.1) is 5.41 Å². The lowest BCUT2D eigenvalue weighted by Gasteiger charge is -2.19. The van der Waals surface area contributed by atoms with E-state index in [2.05, 4.69) is 196 Å². The molecule has 0 unspecified atom stereocenters. The van der Waals surface area contributed by atoms with E-state index < -0.39 is 0 Å². The molecule has 0 fully saturated rings. The molecule has 0 saturated carbocycles. The standard InChI is InChI=1S/C25H28N4O.C24H26N4.C14H20N2O2.CH4/c1-24(2)13-18-10-15-6-7-16(26-15)11-22-25(3,4)14-20(29-22)23(30-5)19-9-8-17(27-19)12-21(24)28-18;1-23(2)13-19-9-15-6-8-18(26-15)12-22-24(3,4)14-20(28-22)10-16-5-7-17(25-16)11-21(23)27-19;1-14(2)9-11(13(17-3)18-4)16-12(14)8-10-6-5-7-15-10;/h6-12,26-27H,13-14H2,1-5H3;5-12,25-26H,13-14H2,1-4H3;5-8,13,15H,9H2,1-4H3;1H4/b;;12-8-;. The van der Waals surface area contributed by atoms with Crippen LogP contribution in [-0.2, 0) is 56.8 Å². The monoisotopic (exact) mass is 1030 g/mol. The SMILES string of the molecule is C.CC1(C)Cc2cc3ccc(cc4nc(cc5ccc(cc1n2)[nH]5)CC4(C)C)[nH]3.COC(OC)C1=N/C(=C\c2ccc[nH]2)C(C)(C)C1.COc1c2nc(cc3ccc(cc4nc(cc5ccc1[nH]5)C(C)(C)C4)[nH]3)C(C)(C)C2. The van der Waals surface area contributed by atoms with Crippen LogP contribution >= 0.6 is 0 Å². The van der Waals surface area contributed by atoms with E-state index in [-0.39, 0.29) is 40.8 Å². The van der Waals surface area contributed by atoms with Gasteiger partial charge in [-0.25, -0.2) is 0 Å². The first-order valence-corrected chi connectivity index (χ1v) is 26.5. The molecule has 12 heterocycles. The maximum absolute atomic E-state index is 5.81. The van der Waals surface area contributed by atoms with Crippen molar-refractivity contribution in [2.45, 2.75) is 137 Å². The lowest BCUT2D eigenvalue weighted by molar-refractivity contribution is -0.0532. The highest BCUT2D eigenvalue weighted by atomic mass is 16.7. The highest BCUT2D eigenvalue weighted by Gasteiger charge is 2.36. The van der Waals surface area contributed by atoms with Crippen LogP contribution in [0.3, 0.4) is 0 Å². The molecule has 7 aromatic heterocycles. The lowest BCUT2D eigenvalue weighted by Crippen LogP contribution is -2.25. The number of nitrogens with zero attached hydrogens (tertiary/aromatic N) is 5. The van der Waals surface area contributed by atoms with E-state index >= 15 is 0 Å². The molecule has 12 rings (SSSR count). The van der Waals surface area contributed by atoms with Gasteiger partial charge in [-0.1, -0.05) is 76.7 Å². The molecule has 0 spiro atoms. The van der Waals surface area contributed by atoms with Gasteiger partial charge in [0.2, 0.25) is 0 Å². The van der Waals surface area contributed by atoms with Crippen molar-refractivity contribution in [3.05, 3.63) is 166 Å². The number of H-pyrrole nitrogens is 5. The number of allylic oxidation sites excluding steroid dienone is 1. The largest absolute Gasteiger partial charge is 0.493 e. The van der Waals surface area contributed by atoms with E-state index in [1.807, 2.05) is 18.3 Å². The number of aromatic nitrogens is 9. The van der Waals surface area contributed by atoms with Gasteiger partial charge in [0.15, 0.2) is 12.0 Å². The molecular weight excluding hydrogens is 957 g/mol. The van der Waals surface area contributed by atoms with Gasteiger partial charge in [-0.05, 0) is 109 Å². The Kier molecular flexibility index (Phi) is 14.8. The molecule has 77 heavy (non-hydrogen) atoms. The number of rotatable bonds is 5. The highest BCUT2D eigenvalue weighted by Crippen LogP contribution is 2.40. The summed E-state index contributed by atoms with van der Waals surface area (Å²) in [5.41, 5.74) is 20.2. The number of aromatic amines is 5. The topological polar surface area (TPSA) is 171 Å². The van der Waals surface area contributed by atoms with Gasteiger partial charge >= 0.3 is 0 Å². The minimum absolute atomic E-state index is 0. The molecule has 0 aliphatic carbocycles. The number of hydrogen-bond donors (Lipinski definition) is 5. The van der Waals surface area contributed by atoms with Crippen LogP contribution in [0.15, 0.2) is 120 Å². The van der Waals surface area contributed by atoms with Gasteiger partial charge in [-0.3, -0.25) is 24.9 Å². The molecule has 13 heteroatoms. The zero-order valence-corrected chi connectivity index (χ0v) is 46.5. The second-order valence-electron chi connectivity index (χ2n) is 24.3. The Morgan fingerprint density at radius 3 is 1.29 bits per heavy atom. The quantitative estimate of drug-likeness (QED) is 0.107. The lowest BCUT2D eigenvalue weighted by atomic mass is 9.86. The Hall–Kier alpha value is -7.35. The third-order valence-electron chi connectivity index (χ3n) is 15.2. The summed E-state index contributed by atoms with van der Waals surface area (Å²) in [4.78, 5) is 41.7. The molecule has 0 aromatic carbocycles. The summed E-state index contributed by atoms with van der Waals surface area (Å²) in [6.45, 7) is 22.3. The Morgan fingerprint density at radius 1 is 0.468 bits per heavy atom. The van der Waals surface area contributed by atoms with Gasteiger partial charge in [0.05, 0.1) is 24.0 Å². The van der Waals surface area contributed by atoms with E-state index in [4.69, 9.17) is 34.1 Å². The second-order valence-corrected chi connectivity index (χ2v) is 24.3. The van der Waals surface area contributed by atoms with E-state index in [1.165, 1.54) is 0 Å². The van der Waals surface area contributed by atoms with Gasteiger partial charge in [0, 0.05) is 169 Å². The second kappa shape index (κ2) is 20.9. The minimum Gasteiger partial charge on any atom is -0.493 e. The van der Waals surface area contributed by atoms with Crippen molar-refractivity contribution < 1.29 is 14.2 Å². The fourth-order valence-corrected chi connectivity index (χ4v) is 10.9. The Morgan fingerprint density at radius 2 is 0.870 bits per heavy atom. The van der Waals surface area contributed by atoms with Gasteiger partial charge in [0.1, 0.15) is 0 Å². The highest BCUT2D eigenvalue weighted by molar-refractivity contribution is 5.92. The van der Waals surface area contributed by atoms with Gasteiger partial charge in [0.25, 0.3) is 0 Å². The van der Waals surface area contributed by atoms with Crippen molar-refractivity contribution >= 4 is 55.9 Å². The molecule has 5 N–H and O–H groups in total. The fourth-order valence-electron chi connectivity index (χ4n) is 10.9. The number of hydrogen-bond acceptors (Lipinski definition) is 8. The van der Waals surface area contributed by atoms with Gasteiger partial charge in [-0.2, -0.15) is 0 Å². The number of nitrogens with one attached hydrogen (secondary N) is 5. The average Bonchev–Trinajstić information content (AvgIpc) is 4.22. The first-order chi connectivity index (χ1) is 36.1. The Bertz CT molecular complexity index is 3610. The van der Waals surface area contributed by atoms with Gasteiger partial charge in [-0.15, -0.1) is 0 Å². The average molecular weight is 1040 g/mol. The van der Waals surface area contributed by atoms with Crippen LogP contribution in [0.4, 0.5) is 0 Å². The van der Waals surface area contributed by atoms with E-state index in [9.17, 15) is 0 Å². The molecule has 402 valence electrons. The summed E-state index contributed by atoms with van der Waals surface area (Å²) in [6, 6.07) is 36.0. The first-order valence-electron chi connectivity index (χ1n) is 26.5. The maximum Gasteiger partial charge on any atom is 0.196 e. The number of fused-ring (bicyclic) bond motifs is 16. The third-order valence-corrected chi connectivity index (χ3v) is 15.2. The predicted octanol–water partition coefficient (Wildman–Crippen LogP) is 14.2. The first kappa shape index (κ1) is 54.4.